The van der Waals surface area contributed by atoms with E-state index >= 15 is 0 Å². The Morgan fingerprint density at radius 2 is 2.12 bits per heavy atom. The number of nitrogens with zero attached hydrogens (tertiary/aromatic N) is 1. The number of amides is 1. The predicted molar refractivity (Wildman–Crippen MR) is 67.3 cm³/mol. The number of sulfone groups is 1. The molecule has 1 heterocycles. The number of hydrogen-bond donors (Lipinski definition) is 1. The second-order valence-corrected chi connectivity index (χ2v) is 6.81. The van der Waals surface area contributed by atoms with Gasteiger partial charge in [-0.2, -0.15) is 0 Å². The number of nitrogens with two attached hydrogens (primary N) is 1. The molecule has 100 valence electrons. The Kier molecular flexibility index (Phi) is 4.94. The van der Waals surface area contributed by atoms with Gasteiger partial charge in [0.15, 0.2) is 9.84 Å². The van der Waals surface area contributed by atoms with E-state index in [1.165, 1.54) is 0 Å². The molecule has 0 radical (unpaired) electrons. The average molecular weight is 262 g/mol. The average Bonchev–Trinajstić information content (AvgIpc) is 2.60. The Bertz CT molecular complexity index is 367. The molecule has 0 bridgehead atoms. The van der Waals surface area contributed by atoms with Gasteiger partial charge in [-0.25, -0.2) is 8.42 Å². The zero-order valence-electron chi connectivity index (χ0n) is 10.6. The normalized spacial score (nSPS) is 24.5. The van der Waals surface area contributed by atoms with Crippen LogP contribution in [0.5, 0.6) is 0 Å². The largest absolute Gasteiger partial charge is 0.338 e. The molecule has 1 aliphatic heterocycles. The minimum absolute atomic E-state index is 0.0887. The van der Waals surface area contributed by atoms with Crippen LogP contribution in [-0.4, -0.2) is 49.4 Å². The van der Waals surface area contributed by atoms with E-state index in [0.717, 1.165) is 6.42 Å². The van der Waals surface area contributed by atoms with Crippen molar-refractivity contribution in [3.8, 4) is 0 Å². The van der Waals surface area contributed by atoms with Gasteiger partial charge in [-0.3, -0.25) is 4.79 Å². The molecule has 0 aromatic heterocycles. The molecule has 1 amide bonds. The maximum absolute atomic E-state index is 12.1. The number of hydrogen-bond acceptors (Lipinski definition) is 4. The van der Waals surface area contributed by atoms with Crippen molar-refractivity contribution < 1.29 is 13.2 Å². The summed E-state index contributed by atoms with van der Waals surface area (Å²) in [5, 5.41) is 0. The highest BCUT2D eigenvalue weighted by Crippen LogP contribution is 2.18. The van der Waals surface area contributed by atoms with Crippen molar-refractivity contribution in [2.45, 2.75) is 45.2 Å². The fourth-order valence-corrected chi connectivity index (χ4v) is 3.99. The lowest BCUT2D eigenvalue weighted by Gasteiger charge is -2.29. The molecule has 1 fully saturated rings. The Hall–Kier alpha value is -0.620. The van der Waals surface area contributed by atoms with Gasteiger partial charge in [0.05, 0.1) is 17.5 Å². The molecule has 6 heteroatoms. The van der Waals surface area contributed by atoms with E-state index in [4.69, 9.17) is 5.73 Å². The maximum atomic E-state index is 12.1. The Morgan fingerprint density at radius 3 is 2.53 bits per heavy atom. The first-order valence-electron chi connectivity index (χ1n) is 6.17. The van der Waals surface area contributed by atoms with E-state index in [-0.39, 0.29) is 23.5 Å². The topological polar surface area (TPSA) is 80.5 Å². The maximum Gasteiger partial charge on any atom is 0.239 e. The Morgan fingerprint density at radius 1 is 1.47 bits per heavy atom. The molecule has 1 unspecified atom stereocenters. The van der Waals surface area contributed by atoms with E-state index in [2.05, 4.69) is 0 Å². The molecule has 0 aromatic rings. The van der Waals surface area contributed by atoms with Crippen molar-refractivity contribution in [3.05, 3.63) is 0 Å². The van der Waals surface area contributed by atoms with Gasteiger partial charge in [0.25, 0.3) is 0 Å². The summed E-state index contributed by atoms with van der Waals surface area (Å²) in [6.45, 7) is 4.36. The molecular weight excluding hydrogens is 240 g/mol. The zero-order valence-corrected chi connectivity index (χ0v) is 11.4. The number of carbonyl (C=O) groups excluding carboxylic acids is 1. The van der Waals surface area contributed by atoms with Gasteiger partial charge in [-0.05, 0) is 19.8 Å². The van der Waals surface area contributed by atoms with Crippen molar-refractivity contribution in [3.63, 3.8) is 0 Å². The van der Waals surface area contributed by atoms with Crippen LogP contribution in [0.4, 0.5) is 0 Å². The minimum Gasteiger partial charge on any atom is -0.338 e. The predicted octanol–water partition coefficient (Wildman–Crippen LogP) is 0.149. The van der Waals surface area contributed by atoms with Crippen LogP contribution in [0.1, 0.15) is 33.1 Å². The van der Waals surface area contributed by atoms with Crippen LogP contribution in [0.2, 0.25) is 0 Å². The highest BCUT2D eigenvalue weighted by Gasteiger charge is 2.35. The summed E-state index contributed by atoms with van der Waals surface area (Å²) in [5.74, 6) is 0.159. The van der Waals surface area contributed by atoms with E-state index in [1.54, 1.807) is 4.90 Å². The third-order valence-electron chi connectivity index (χ3n) is 3.19. The fraction of sp³-hybridized carbons (Fsp3) is 0.909. The van der Waals surface area contributed by atoms with Crippen LogP contribution >= 0.6 is 0 Å². The fourth-order valence-electron chi connectivity index (χ4n) is 2.26. The molecule has 1 rings (SSSR count). The summed E-state index contributed by atoms with van der Waals surface area (Å²) in [7, 11) is -2.96. The molecule has 1 saturated heterocycles. The standard InChI is InChI=1S/C11H22N2O3S/c1-3-5-10(12)11(14)13(4-2)9-6-7-17(15,16)8-9/h9-10H,3-8,12H2,1-2H3/t9?,10-/m0/s1. The smallest absolute Gasteiger partial charge is 0.239 e. The van der Waals surface area contributed by atoms with Crippen molar-refractivity contribution in [1.82, 2.24) is 4.90 Å². The second kappa shape index (κ2) is 5.82. The van der Waals surface area contributed by atoms with Gasteiger partial charge in [-0.1, -0.05) is 13.3 Å². The van der Waals surface area contributed by atoms with Crippen molar-refractivity contribution >= 4 is 15.7 Å². The molecule has 0 aromatic carbocycles. The van der Waals surface area contributed by atoms with E-state index in [9.17, 15) is 13.2 Å². The van der Waals surface area contributed by atoms with Gasteiger partial charge in [0.2, 0.25) is 5.91 Å². The number of carbonyl (C=O) groups is 1. The van der Waals surface area contributed by atoms with Crippen molar-refractivity contribution in [1.29, 1.82) is 0 Å². The van der Waals surface area contributed by atoms with Crippen LogP contribution in [0.25, 0.3) is 0 Å². The molecule has 0 saturated carbocycles. The van der Waals surface area contributed by atoms with Gasteiger partial charge in [0.1, 0.15) is 0 Å². The molecule has 0 spiro atoms. The summed E-state index contributed by atoms with van der Waals surface area (Å²) in [5.41, 5.74) is 5.80. The molecule has 0 aliphatic carbocycles. The summed E-state index contributed by atoms with van der Waals surface area (Å²) in [6.07, 6.45) is 2.04. The lowest BCUT2D eigenvalue weighted by atomic mass is 10.1. The van der Waals surface area contributed by atoms with Crippen molar-refractivity contribution in [2.24, 2.45) is 5.73 Å². The number of rotatable bonds is 5. The molecule has 17 heavy (non-hydrogen) atoms. The second-order valence-electron chi connectivity index (χ2n) is 4.58. The minimum atomic E-state index is -2.96. The van der Waals surface area contributed by atoms with Crippen LogP contribution < -0.4 is 5.73 Å². The van der Waals surface area contributed by atoms with Crippen LogP contribution in [0.3, 0.4) is 0 Å². The Labute approximate surface area is 103 Å². The van der Waals surface area contributed by atoms with Gasteiger partial charge >= 0.3 is 0 Å². The lowest BCUT2D eigenvalue weighted by Crippen LogP contribution is -2.49. The first kappa shape index (κ1) is 14.4. The summed E-state index contributed by atoms with van der Waals surface area (Å²) in [6, 6.07) is -0.677. The van der Waals surface area contributed by atoms with E-state index < -0.39 is 15.9 Å². The third kappa shape index (κ3) is 3.67. The summed E-state index contributed by atoms with van der Waals surface area (Å²) in [4.78, 5) is 13.7. The third-order valence-corrected chi connectivity index (χ3v) is 4.94. The SMILES string of the molecule is CCC[C@H](N)C(=O)N(CC)C1CCS(=O)(=O)C1. The molecule has 5 nitrogen and oxygen atoms in total. The lowest BCUT2D eigenvalue weighted by molar-refractivity contribution is -0.134. The van der Waals surface area contributed by atoms with E-state index in [1.807, 2.05) is 13.8 Å². The molecule has 2 atom stereocenters. The van der Waals surface area contributed by atoms with E-state index in [0.29, 0.717) is 19.4 Å². The van der Waals surface area contributed by atoms with Crippen LogP contribution in [0.15, 0.2) is 0 Å². The van der Waals surface area contributed by atoms with Gasteiger partial charge in [-0.15, -0.1) is 0 Å². The first-order chi connectivity index (χ1) is 7.91. The van der Waals surface area contributed by atoms with Gasteiger partial charge in [0, 0.05) is 12.6 Å². The van der Waals surface area contributed by atoms with Gasteiger partial charge < -0.3 is 10.6 Å². The molecule has 1 aliphatic rings. The zero-order chi connectivity index (χ0) is 13.1. The monoisotopic (exact) mass is 262 g/mol. The highest BCUT2D eigenvalue weighted by molar-refractivity contribution is 7.91. The summed E-state index contributed by atoms with van der Waals surface area (Å²) >= 11 is 0. The van der Waals surface area contributed by atoms with Crippen LogP contribution in [0, 0.1) is 0 Å². The van der Waals surface area contributed by atoms with Crippen molar-refractivity contribution in [2.75, 3.05) is 18.1 Å². The molecule has 2 N–H and O–H groups in total. The first-order valence-corrected chi connectivity index (χ1v) is 8.00. The number of likely N-dealkylation sites (N-methyl/N-ethyl adjacent to an activating group) is 1. The highest BCUT2D eigenvalue weighted by atomic mass is 32.2. The molecular formula is C11H22N2O3S. The quantitative estimate of drug-likeness (QED) is 0.764. The summed E-state index contributed by atoms with van der Waals surface area (Å²) < 4.78 is 22.8. The Balaban J connectivity index is 2.69. The van der Waals surface area contributed by atoms with Crippen LogP contribution in [-0.2, 0) is 14.6 Å².